The van der Waals surface area contributed by atoms with Gasteiger partial charge >= 0.3 is 0 Å². The van der Waals surface area contributed by atoms with E-state index in [9.17, 15) is 4.79 Å². The summed E-state index contributed by atoms with van der Waals surface area (Å²) in [7, 11) is 1.98. The Balaban J connectivity index is 1.77. The third kappa shape index (κ3) is 3.25. The topological polar surface area (TPSA) is 81.4 Å². The summed E-state index contributed by atoms with van der Waals surface area (Å²) in [5, 5.41) is 0. The second-order valence-corrected chi connectivity index (χ2v) is 7.77. The molecule has 1 aliphatic rings. The monoisotopic (exact) mass is 404 g/mol. The minimum absolute atomic E-state index is 0.0169. The summed E-state index contributed by atoms with van der Waals surface area (Å²) >= 11 is 0. The number of hydrogen-bond acceptors (Lipinski definition) is 4. The lowest BCUT2D eigenvalue weighted by Crippen LogP contribution is -2.45. The summed E-state index contributed by atoms with van der Waals surface area (Å²) in [6.45, 7) is 11.8. The molecule has 0 aliphatic carbocycles. The Labute approximate surface area is 176 Å². The molecule has 1 aromatic carbocycles. The van der Waals surface area contributed by atoms with E-state index >= 15 is 0 Å². The second kappa shape index (κ2) is 7.91. The number of piperidine rings is 1. The summed E-state index contributed by atoms with van der Waals surface area (Å²) in [4.78, 5) is 23.9. The van der Waals surface area contributed by atoms with Crippen LogP contribution in [0.3, 0.4) is 0 Å². The quantitative estimate of drug-likeness (QED) is 0.660. The van der Waals surface area contributed by atoms with Crippen LogP contribution in [0.2, 0.25) is 0 Å². The van der Waals surface area contributed by atoms with Crippen LogP contribution >= 0.6 is 0 Å². The van der Waals surface area contributed by atoms with Gasteiger partial charge in [-0.1, -0.05) is 12.7 Å². The molecule has 3 heterocycles. The average Bonchev–Trinajstić information content (AvgIpc) is 3.29. The lowest BCUT2D eigenvalue weighted by atomic mass is 10.1. The van der Waals surface area contributed by atoms with Crippen LogP contribution < -0.4 is 5.73 Å². The normalized spacial score (nSPS) is 16.8. The fraction of sp³-hybridized carbons (Fsp3) is 0.348. The van der Waals surface area contributed by atoms with E-state index in [0.29, 0.717) is 12.1 Å². The average molecular weight is 405 g/mol. The molecule has 156 valence electrons. The number of nitrogens with zero attached hydrogens (tertiary/aromatic N) is 5. The summed E-state index contributed by atoms with van der Waals surface area (Å²) in [6.07, 6.45) is 3.70. The van der Waals surface area contributed by atoms with Gasteiger partial charge in [0, 0.05) is 43.9 Å². The number of rotatable bonds is 5. The predicted molar refractivity (Wildman–Crippen MR) is 122 cm³/mol. The molecule has 1 unspecified atom stereocenters. The molecule has 3 aromatic rings. The van der Waals surface area contributed by atoms with E-state index in [4.69, 9.17) is 10.7 Å². The molecule has 7 heteroatoms. The molecule has 1 atom stereocenters. The lowest BCUT2D eigenvalue weighted by molar-refractivity contribution is 0.0709. The number of benzene rings is 1. The zero-order chi connectivity index (χ0) is 21.4. The minimum atomic E-state index is 0.0169. The Morgan fingerprint density at radius 2 is 2.20 bits per heavy atom. The van der Waals surface area contributed by atoms with Crippen molar-refractivity contribution in [1.82, 2.24) is 19.0 Å². The summed E-state index contributed by atoms with van der Waals surface area (Å²) < 4.78 is 4.12. The van der Waals surface area contributed by atoms with Crippen LogP contribution in [0.4, 0.5) is 5.82 Å². The third-order valence-corrected chi connectivity index (χ3v) is 5.88. The molecular formula is C23H28N6O. The van der Waals surface area contributed by atoms with Gasteiger partial charge in [0.2, 0.25) is 0 Å². The number of nitrogens with two attached hydrogens (primary N) is 1. The summed E-state index contributed by atoms with van der Waals surface area (Å²) in [5.41, 5.74) is 10.3. The fourth-order valence-electron chi connectivity index (χ4n) is 4.33. The molecule has 0 spiro atoms. The summed E-state index contributed by atoms with van der Waals surface area (Å²) in [6, 6.07) is 7.80. The molecule has 2 N–H and O–H groups in total. The van der Waals surface area contributed by atoms with Crippen molar-refractivity contribution in [3.8, 4) is 11.5 Å². The van der Waals surface area contributed by atoms with Crippen molar-refractivity contribution in [3.05, 3.63) is 42.0 Å². The number of imidazole rings is 1. The predicted octanol–water partition coefficient (Wildman–Crippen LogP) is 3.60. The van der Waals surface area contributed by atoms with Crippen molar-refractivity contribution in [2.75, 3.05) is 13.1 Å². The van der Waals surface area contributed by atoms with E-state index in [-0.39, 0.29) is 11.9 Å². The first kappa shape index (κ1) is 20.1. The molecule has 1 fully saturated rings. The van der Waals surface area contributed by atoms with Crippen molar-refractivity contribution in [2.45, 2.75) is 32.4 Å². The van der Waals surface area contributed by atoms with Crippen LogP contribution in [0.1, 0.15) is 35.7 Å². The van der Waals surface area contributed by atoms with E-state index in [1.807, 2.05) is 40.8 Å². The van der Waals surface area contributed by atoms with Crippen molar-refractivity contribution in [1.29, 1.82) is 0 Å². The molecule has 7 nitrogen and oxygen atoms in total. The molecule has 0 saturated carbocycles. The first-order chi connectivity index (χ1) is 14.5. The molecule has 0 bridgehead atoms. The molecular weight excluding hydrogens is 376 g/mol. The number of likely N-dealkylation sites (tertiary alicyclic amines) is 1. The van der Waals surface area contributed by atoms with E-state index in [2.05, 4.69) is 29.8 Å². The van der Waals surface area contributed by atoms with E-state index in [1.165, 1.54) is 0 Å². The number of carbonyl (C=O) groups is 1. The highest BCUT2D eigenvalue weighted by atomic mass is 16.2. The number of hydrogen-bond donors (Lipinski definition) is 1. The maximum absolute atomic E-state index is 13.0. The number of fused-ring (bicyclic) bond motifs is 1. The molecule has 1 amide bonds. The first-order valence-corrected chi connectivity index (χ1v) is 10.3. The number of amides is 1. The number of aryl methyl sites for hydroxylation is 1. The maximum atomic E-state index is 13.0. The van der Waals surface area contributed by atoms with Gasteiger partial charge in [-0.25, -0.2) is 9.98 Å². The number of aromatic nitrogens is 3. The van der Waals surface area contributed by atoms with Crippen LogP contribution in [-0.2, 0) is 13.6 Å². The Hall–Kier alpha value is -3.19. The van der Waals surface area contributed by atoms with E-state index in [1.54, 1.807) is 6.08 Å². The van der Waals surface area contributed by atoms with Gasteiger partial charge in [0.15, 0.2) is 5.82 Å². The van der Waals surface area contributed by atoms with Crippen molar-refractivity contribution in [2.24, 2.45) is 17.8 Å². The van der Waals surface area contributed by atoms with Gasteiger partial charge in [-0.3, -0.25) is 4.79 Å². The Morgan fingerprint density at radius 3 is 2.87 bits per heavy atom. The molecule has 1 aliphatic heterocycles. The van der Waals surface area contributed by atoms with Gasteiger partial charge in [0.25, 0.3) is 5.91 Å². The van der Waals surface area contributed by atoms with Gasteiger partial charge in [-0.05, 0) is 50.7 Å². The highest BCUT2D eigenvalue weighted by molar-refractivity contribution is 5.98. The first-order valence-electron chi connectivity index (χ1n) is 10.3. The van der Waals surface area contributed by atoms with Crippen molar-refractivity contribution in [3.63, 3.8) is 0 Å². The zero-order valence-electron chi connectivity index (χ0n) is 17.6. The highest BCUT2D eigenvalue weighted by Crippen LogP contribution is 2.33. The van der Waals surface area contributed by atoms with Gasteiger partial charge in [-0.15, -0.1) is 0 Å². The van der Waals surface area contributed by atoms with E-state index < -0.39 is 0 Å². The van der Waals surface area contributed by atoms with Gasteiger partial charge in [0.05, 0.1) is 16.7 Å². The van der Waals surface area contributed by atoms with Gasteiger partial charge in [0.1, 0.15) is 5.82 Å². The molecule has 0 radical (unpaired) electrons. The molecule has 30 heavy (non-hydrogen) atoms. The Morgan fingerprint density at radius 1 is 1.40 bits per heavy atom. The second-order valence-electron chi connectivity index (χ2n) is 7.77. The zero-order valence-corrected chi connectivity index (χ0v) is 17.6. The largest absolute Gasteiger partial charge is 0.337 e. The van der Waals surface area contributed by atoms with Crippen LogP contribution in [0.5, 0.6) is 0 Å². The summed E-state index contributed by atoms with van der Waals surface area (Å²) in [5.74, 6) is 1.62. The van der Waals surface area contributed by atoms with E-state index in [0.717, 1.165) is 59.9 Å². The minimum Gasteiger partial charge on any atom is -0.337 e. The number of carbonyl (C=O) groups excluding carboxylic acids is 1. The van der Waals surface area contributed by atoms with Crippen LogP contribution in [-0.4, -0.2) is 50.8 Å². The van der Waals surface area contributed by atoms with Gasteiger partial charge < -0.3 is 19.8 Å². The SMILES string of the molecule is C=Cc1cc(-c2nc3cc(C(=O)N4CCCC(N)C4)ccc3n2C)n(CC)c1N=C. The lowest BCUT2D eigenvalue weighted by Gasteiger charge is -2.30. The Bertz CT molecular complexity index is 1140. The maximum Gasteiger partial charge on any atom is 0.253 e. The van der Waals surface area contributed by atoms with Crippen LogP contribution in [0.25, 0.3) is 28.6 Å². The van der Waals surface area contributed by atoms with Crippen LogP contribution in [0.15, 0.2) is 35.8 Å². The number of aliphatic imine (C=N–C) groups is 1. The standard InChI is InChI=1S/C23H28N6O/c1-5-15-13-20(29(6-2)21(15)25-3)22-26-18-12-16(9-10-19(18)27(22)4)23(30)28-11-7-8-17(24)14-28/h5,9-10,12-13,17H,1,3,6-8,11,14,24H2,2,4H3. The van der Waals surface area contributed by atoms with Crippen LogP contribution in [0, 0.1) is 0 Å². The molecule has 1 saturated heterocycles. The third-order valence-electron chi connectivity index (χ3n) is 5.88. The highest BCUT2D eigenvalue weighted by Gasteiger charge is 2.24. The smallest absolute Gasteiger partial charge is 0.253 e. The van der Waals surface area contributed by atoms with Gasteiger partial charge in [-0.2, -0.15) is 0 Å². The fourth-order valence-corrected chi connectivity index (χ4v) is 4.33. The van der Waals surface area contributed by atoms with Crippen molar-refractivity contribution < 1.29 is 4.79 Å². The molecule has 2 aromatic heterocycles. The van der Waals surface area contributed by atoms with Crippen molar-refractivity contribution >= 4 is 35.6 Å². The molecule has 4 rings (SSSR count). The Kier molecular flexibility index (Phi) is 5.30.